The van der Waals surface area contributed by atoms with Gasteiger partial charge in [0.05, 0.1) is 0 Å². The van der Waals surface area contributed by atoms with Crippen LogP contribution in [0.5, 0.6) is 0 Å². The third-order valence-corrected chi connectivity index (χ3v) is 3.93. The minimum absolute atomic E-state index is 0.711. The molecule has 0 fully saturated rings. The van der Waals surface area contributed by atoms with E-state index in [2.05, 4.69) is 20.1 Å². The van der Waals surface area contributed by atoms with E-state index in [-0.39, 0.29) is 0 Å². The van der Waals surface area contributed by atoms with Gasteiger partial charge in [0.1, 0.15) is 0 Å². The molecule has 2 rings (SSSR count). The van der Waals surface area contributed by atoms with Gasteiger partial charge >= 0.3 is 0 Å². The fourth-order valence-electron chi connectivity index (χ4n) is 2.68. The van der Waals surface area contributed by atoms with E-state index in [0.29, 0.717) is 11.4 Å². The first-order valence-electron chi connectivity index (χ1n) is 7.93. The van der Waals surface area contributed by atoms with Crippen molar-refractivity contribution in [1.29, 1.82) is 0 Å². The van der Waals surface area contributed by atoms with Gasteiger partial charge in [0.25, 0.3) is 0 Å². The van der Waals surface area contributed by atoms with E-state index in [0.717, 1.165) is 47.9 Å². The molecule has 0 radical (unpaired) electrons. The molecule has 2 aromatic carbocycles. The van der Waals surface area contributed by atoms with Gasteiger partial charge in [-0.3, -0.25) is 0 Å². The van der Waals surface area contributed by atoms with Gasteiger partial charge in [0.2, 0.25) is 0 Å². The number of nitrogens with zero attached hydrogens (tertiary/aromatic N) is 6. The highest BCUT2D eigenvalue weighted by atomic mass is 15.1. The van der Waals surface area contributed by atoms with Gasteiger partial charge in [-0.1, -0.05) is 45.6 Å². The molecule has 0 spiro atoms. The summed E-state index contributed by atoms with van der Waals surface area (Å²) in [5, 5.41) is 7.56. The van der Waals surface area contributed by atoms with Gasteiger partial charge in [0.15, 0.2) is 0 Å². The molecule has 0 aliphatic heterocycles. The zero-order valence-electron chi connectivity index (χ0n) is 14.0. The second-order valence-corrected chi connectivity index (χ2v) is 5.85. The Bertz CT molecular complexity index is 745. The Hall–Kier alpha value is -2.94. The molecule has 0 amide bonds. The highest BCUT2D eigenvalue weighted by Gasteiger charge is 2.04. The maximum absolute atomic E-state index is 8.68. The Morgan fingerprint density at radius 1 is 0.750 bits per heavy atom. The Labute approximate surface area is 141 Å². The average molecular weight is 320 g/mol. The minimum atomic E-state index is 0.711. The number of hydrogen-bond donors (Lipinski definition) is 0. The molecular weight excluding hydrogens is 300 g/mol. The smallest absolute Gasteiger partial charge is 0.0410 e. The van der Waals surface area contributed by atoms with Crippen molar-refractivity contribution < 1.29 is 0 Å². The monoisotopic (exact) mass is 320 g/mol. The molecule has 0 aromatic heterocycles. The first-order chi connectivity index (χ1) is 11.6. The lowest BCUT2D eigenvalue weighted by Gasteiger charge is -2.08. The topological polar surface area (TPSA) is 97.5 Å². The molecule has 24 heavy (non-hydrogen) atoms. The predicted octanol–water partition coefficient (Wildman–Crippen LogP) is 6.75. The van der Waals surface area contributed by atoms with E-state index < -0.39 is 0 Å². The van der Waals surface area contributed by atoms with Crippen molar-refractivity contribution >= 4 is 11.4 Å². The molecule has 6 heteroatoms. The summed E-state index contributed by atoms with van der Waals surface area (Å²) in [7, 11) is 0. The summed E-state index contributed by atoms with van der Waals surface area (Å²) in [4.78, 5) is 5.80. The van der Waals surface area contributed by atoms with Gasteiger partial charge in [-0.15, -0.1) is 0 Å². The Balaban J connectivity index is 1.99. The van der Waals surface area contributed by atoms with Crippen LogP contribution in [0.3, 0.4) is 0 Å². The van der Waals surface area contributed by atoms with Gasteiger partial charge in [-0.2, -0.15) is 0 Å². The molecule has 0 heterocycles. The Morgan fingerprint density at radius 2 is 1.17 bits per heavy atom. The zero-order valence-corrected chi connectivity index (χ0v) is 14.0. The molecule has 0 N–H and O–H groups in total. The molecule has 0 aliphatic rings. The lowest BCUT2D eigenvalue weighted by atomic mass is 10.00. The van der Waals surface area contributed by atoms with Crippen molar-refractivity contribution in [2.45, 2.75) is 39.5 Å². The normalized spacial score (nSPS) is 9.92. The number of unbranched alkanes of at least 4 members (excludes halogenated alkanes) is 1. The van der Waals surface area contributed by atoms with Crippen LogP contribution in [0.2, 0.25) is 0 Å². The second kappa shape index (κ2) is 8.63. The van der Waals surface area contributed by atoms with Gasteiger partial charge in [-0.25, -0.2) is 0 Å². The zero-order chi connectivity index (χ0) is 17.4. The summed E-state index contributed by atoms with van der Waals surface area (Å²) in [6.07, 6.45) is 3.66. The van der Waals surface area contributed by atoms with Crippen molar-refractivity contribution in [2.24, 2.45) is 10.2 Å². The lowest BCUT2D eigenvalue weighted by Crippen LogP contribution is -1.91. The number of benzene rings is 2. The Kier molecular flexibility index (Phi) is 6.26. The summed E-state index contributed by atoms with van der Waals surface area (Å²) < 4.78 is 0. The van der Waals surface area contributed by atoms with Crippen molar-refractivity contribution in [2.75, 3.05) is 0 Å². The first-order valence-corrected chi connectivity index (χ1v) is 7.93. The number of hydrogen-bond acceptors (Lipinski definition) is 2. The van der Waals surface area contributed by atoms with Crippen molar-refractivity contribution in [3.63, 3.8) is 0 Å². The largest absolute Gasteiger partial charge is 0.0605 e. The van der Waals surface area contributed by atoms with Crippen molar-refractivity contribution in [1.82, 2.24) is 0 Å². The van der Waals surface area contributed by atoms with Crippen LogP contribution in [-0.2, 0) is 12.8 Å². The molecule has 6 nitrogen and oxygen atoms in total. The predicted molar refractivity (Wildman–Crippen MR) is 96.6 cm³/mol. The number of azide groups is 2. The third kappa shape index (κ3) is 4.78. The summed E-state index contributed by atoms with van der Waals surface area (Å²) in [6.45, 7) is 3.96. The highest BCUT2D eigenvalue weighted by Crippen LogP contribution is 2.25. The van der Waals surface area contributed by atoms with Crippen LogP contribution >= 0.6 is 0 Å². The SMILES string of the molecule is Cc1ccc(CCCCc2ccc(C)cc2N=[N+]=[N-])c(N=[N+]=[N-])c1. The maximum atomic E-state index is 8.68. The van der Waals surface area contributed by atoms with E-state index in [9.17, 15) is 0 Å². The molecule has 122 valence electrons. The molecule has 0 saturated heterocycles. The number of aryl methyl sites for hydroxylation is 4. The lowest BCUT2D eigenvalue weighted by molar-refractivity contribution is 0.734. The summed E-state index contributed by atoms with van der Waals surface area (Å²) in [6, 6.07) is 11.9. The molecular formula is C18H20N6. The molecule has 2 aromatic rings. The van der Waals surface area contributed by atoms with Crippen molar-refractivity contribution in [3.8, 4) is 0 Å². The van der Waals surface area contributed by atoms with Gasteiger partial charge < -0.3 is 0 Å². The van der Waals surface area contributed by atoms with Gasteiger partial charge in [0, 0.05) is 21.2 Å². The molecule has 0 bridgehead atoms. The van der Waals surface area contributed by atoms with Crippen LogP contribution in [0.1, 0.15) is 35.1 Å². The fourth-order valence-corrected chi connectivity index (χ4v) is 2.68. The van der Waals surface area contributed by atoms with E-state index in [1.807, 2.05) is 50.2 Å². The van der Waals surface area contributed by atoms with Crippen LogP contribution < -0.4 is 0 Å². The Morgan fingerprint density at radius 3 is 1.54 bits per heavy atom. The number of rotatable bonds is 7. The summed E-state index contributed by atoms with van der Waals surface area (Å²) >= 11 is 0. The van der Waals surface area contributed by atoms with Crippen molar-refractivity contribution in [3.05, 3.63) is 79.5 Å². The highest BCUT2D eigenvalue weighted by molar-refractivity contribution is 5.49. The van der Waals surface area contributed by atoms with Crippen LogP contribution in [0.15, 0.2) is 46.6 Å². The quantitative estimate of drug-likeness (QED) is 0.233. The van der Waals surface area contributed by atoms with Crippen LogP contribution in [0, 0.1) is 13.8 Å². The first kappa shape index (κ1) is 17.4. The van der Waals surface area contributed by atoms with Gasteiger partial charge in [-0.05, 0) is 73.9 Å². The van der Waals surface area contributed by atoms with E-state index in [1.165, 1.54) is 0 Å². The fraction of sp³-hybridized carbons (Fsp3) is 0.333. The maximum Gasteiger partial charge on any atom is 0.0410 e. The van der Waals surface area contributed by atoms with E-state index in [4.69, 9.17) is 11.1 Å². The standard InChI is InChI=1S/C18H20N6/c1-13-7-9-15(17(11-13)21-23-19)5-3-4-6-16-10-8-14(2)12-18(16)22-24-20/h7-12H,3-6H2,1-2H3. The molecule has 0 aliphatic carbocycles. The average Bonchev–Trinajstić information content (AvgIpc) is 2.55. The van der Waals surface area contributed by atoms with E-state index >= 15 is 0 Å². The molecule has 0 atom stereocenters. The van der Waals surface area contributed by atoms with E-state index in [1.54, 1.807) is 0 Å². The van der Waals surface area contributed by atoms with Crippen LogP contribution in [-0.4, -0.2) is 0 Å². The molecule has 0 unspecified atom stereocenters. The second-order valence-electron chi connectivity index (χ2n) is 5.85. The summed E-state index contributed by atoms with van der Waals surface area (Å²) in [5.41, 5.74) is 23.1. The minimum Gasteiger partial charge on any atom is -0.0605 e. The summed E-state index contributed by atoms with van der Waals surface area (Å²) in [5.74, 6) is 0. The third-order valence-electron chi connectivity index (χ3n) is 3.93. The van der Waals surface area contributed by atoms with Crippen LogP contribution in [0.4, 0.5) is 11.4 Å². The molecule has 0 saturated carbocycles. The van der Waals surface area contributed by atoms with Crippen LogP contribution in [0.25, 0.3) is 20.9 Å².